The number of nitrogens with zero attached hydrogens (tertiary/aromatic N) is 2. The summed E-state index contributed by atoms with van der Waals surface area (Å²) in [6, 6.07) is 7.68. The Balaban J connectivity index is 1.17. The van der Waals surface area contributed by atoms with Crippen molar-refractivity contribution in [1.82, 2.24) is 15.5 Å². The first-order chi connectivity index (χ1) is 19.9. The molecule has 3 heterocycles. The molecule has 1 aromatic rings. The lowest BCUT2D eigenvalue weighted by atomic mass is 9.90. The summed E-state index contributed by atoms with van der Waals surface area (Å²) in [6.45, 7) is 5.32. The van der Waals surface area contributed by atoms with Crippen LogP contribution in [0.2, 0.25) is 0 Å². The second-order valence-electron chi connectivity index (χ2n) is 12.5. The minimum atomic E-state index is -0.0966. The Kier molecular flexibility index (Phi) is 9.71. The lowest BCUT2D eigenvalue weighted by molar-refractivity contribution is -0.123. The highest BCUT2D eigenvalue weighted by Gasteiger charge is 2.58. The van der Waals surface area contributed by atoms with Gasteiger partial charge in [0.15, 0.2) is 0 Å². The van der Waals surface area contributed by atoms with Gasteiger partial charge in [0.2, 0.25) is 5.91 Å². The van der Waals surface area contributed by atoms with Crippen LogP contribution in [0.15, 0.2) is 35.5 Å². The van der Waals surface area contributed by atoms with Gasteiger partial charge < -0.3 is 20.3 Å². The Morgan fingerprint density at radius 2 is 1.90 bits per heavy atom. The maximum absolute atomic E-state index is 13.4. The number of amides is 2. The Bertz CT molecular complexity index is 1160. The van der Waals surface area contributed by atoms with Crippen LogP contribution in [0.25, 0.3) is 5.57 Å². The number of Topliss-reactive ketones (excluding diaryl/α,β-unsaturated/α-hetero) is 1. The van der Waals surface area contributed by atoms with Crippen molar-refractivity contribution in [2.45, 2.75) is 89.6 Å². The fourth-order valence-electron chi connectivity index (χ4n) is 6.54. The number of unbranched alkanes of at least 4 members (excludes halogenated alkanes) is 2. The Morgan fingerprint density at radius 3 is 2.61 bits per heavy atom. The van der Waals surface area contributed by atoms with E-state index in [4.69, 9.17) is 9.73 Å². The Morgan fingerprint density at radius 1 is 1.12 bits per heavy atom. The molecule has 0 radical (unpaired) electrons. The number of ether oxygens (including phenoxy) is 1. The molecule has 1 aliphatic carbocycles. The van der Waals surface area contributed by atoms with Gasteiger partial charge in [-0.3, -0.25) is 19.4 Å². The molecule has 41 heavy (non-hydrogen) atoms. The van der Waals surface area contributed by atoms with E-state index in [1.807, 2.05) is 37.4 Å². The molecule has 3 atom stereocenters. The van der Waals surface area contributed by atoms with Crippen LogP contribution in [-0.4, -0.2) is 73.6 Å². The fourth-order valence-corrected chi connectivity index (χ4v) is 6.54. The number of allylic oxidation sites excluding steroid dienone is 1. The third-order valence-corrected chi connectivity index (χ3v) is 9.59. The number of aliphatic imine (C=N–C) groups is 1. The molecule has 8 heteroatoms. The van der Waals surface area contributed by atoms with Crippen LogP contribution >= 0.6 is 0 Å². The van der Waals surface area contributed by atoms with Gasteiger partial charge in [0.05, 0.1) is 18.7 Å². The van der Waals surface area contributed by atoms with Crippen LogP contribution in [0.4, 0.5) is 0 Å². The number of hydrogen-bond acceptors (Lipinski definition) is 6. The number of rotatable bonds is 13. The summed E-state index contributed by atoms with van der Waals surface area (Å²) >= 11 is 0. The maximum atomic E-state index is 13.4. The molecule has 222 valence electrons. The quantitative estimate of drug-likeness (QED) is 0.344. The highest BCUT2D eigenvalue weighted by Crippen LogP contribution is 2.59. The molecule has 4 aliphatic rings. The van der Waals surface area contributed by atoms with E-state index in [9.17, 15) is 14.4 Å². The summed E-state index contributed by atoms with van der Waals surface area (Å²) in [5.41, 5.74) is 3.97. The second-order valence-corrected chi connectivity index (χ2v) is 12.5. The lowest BCUT2D eigenvalue weighted by Crippen LogP contribution is -2.42. The predicted octanol–water partition coefficient (Wildman–Crippen LogP) is 4.54. The molecule has 1 aromatic carbocycles. The molecule has 2 amide bonds. The average molecular weight is 563 g/mol. The van der Waals surface area contributed by atoms with Crippen molar-refractivity contribution in [3.05, 3.63) is 41.6 Å². The smallest absolute Gasteiger partial charge is 0.251 e. The van der Waals surface area contributed by atoms with E-state index in [1.165, 1.54) is 0 Å². The van der Waals surface area contributed by atoms with E-state index in [1.54, 1.807) is 0 Å². The zero-order chi connectivity index (χ0) is 28.8. The first-order valence-corrected chi connectivity index (χ1v) is 15.6. The third kappa shape index (κ3) is 7.52. The monoisotopic (exact) mass is 562 g/mol. The van der Waals surface area contributed by atoms with E-state index < -0.39 is 0 Å². The normalized spacial score (nSPS) is 24.0. The number of carbonyl (C=O) groups is 3. The molecule has 0 bridgehead atoms. The van der Waals surface area contributed by atoms with E-state index >= 15 is 0 Å². The number of carbonyl (C=O) groups excluding carboxylic acids is 3. The van der Waals surface area contributed by atoms with Gasteiger partial charge in [0.25, 0.3) is 5.91 Å². The zero-order valence-electron chi connectivity index (χ0n) is 24.8. The third-order valence-electron chi connectivity index (χ3n) is 9.59. The van der Waals surface area contributed by atoms with E-state index in [-0.39, 0.29) is 35.2 Å². The number of piperidine rings is 1. The van der Waals surface area contributed by atoms with Crippen molar-refractivity contribution in [1.29, 1.82) is 0 Å². The minimum absolute atomic E-state index is 0.0738. The van der Waals surface area contributed by atoms with Crippen molar-refractivity contribution in [3.63, 3.8) is 0 Å². The van der Waals surface area contributed by atoms with Crippen LogP contribution in [0.5, 0.6) is 0 Å². The van der Waals surface area contributed by atoms with Gasteiger partial charge >= 0.3 is 0 Å². The van der Waals surface area contributed by atoms with E-state index in [0.717, 1.165) is 81.3 Å². The van der Waals surface area contributed by atoms with Gasteiger partial charge in [0, 0.05) is 49.3 Å². The number of likely N-dealkylation sites (tertiary alicyclic amines) is 1. The summed E-state index contributed by atoms with van der Waals surface area (Å²) in [5, 5.41) is 6.44. The van der Waals surface area contributed by atoms with Gasteiger partial charge in [-0.05, 0) is 87.3 Å². The molecule has 1 unspecified atom stereocenters. The van der Waals surface area contributed by atoms with Gasteiger partial charge in [0.1, 0.15) is 5.78 Å². The van der Waals surface area contributed by atoms with Crippen molar-refractivity contribution >= 4 is 28.9 Å². The fraction of sp³-hybridized carbons (Fsp3) is 0.636. The number of benzene rings is 1. The van der Waals surface area contributed by atoms with Crippen LogP contribution < -0.4 is 10.6 Å². The molecular formula is C33H46N4O4. The molecule has 3 aliphatic heterocycles. The largest absolute Gasteiger partial charge is 0.379 e. The predicted molar refractivity (Wildman–Crippen MR) is 161 cm³/mol. The van der Waals surface area contributed by atoms with Crippen LogP contribution in [0.3, 0.4) is 0 Å². The summed E-state index contributed by atoms with van der Waals surface area (Å²) < 4.78 is 5.36. The van der Waals surface area contributed by atoms with Crippen molar-refractivity contribution in [2.75, 3.05) is 33.4 Å². The molecule has 1 saturated carbocycles. The molecule has 2 N–H and O–H groups in total. The molecule has 5 rings (SSSR count). The highest BCUT2D eigenvalue weighted by atomic mass is 16.5. The van der Waals surface area contributed by atoms with Crippen LogP contribution in [0, 0.1) is 11.3 Å². The minimum Gasteiger partial charge on any atom is -0.379 e. The first-order valence-electron chi connectivity index (χ1n) is 15.6. The Labute approximate surface area is 244 Å². The molecule has 3 fully saturated rings. The summed E-state index contributed by atoms with van der Waals surface area (Å²) in [4.78, 5) is 44.9. The number of ketones is 1. The van der Waals surface area contributed by atoms with Gasteiger partial charge in [-0.25, -0.2) is 0 Å². The zero-order valence-corrected chi connectivity index (χ0v) is 24.8. The molecule has 2 saturated heterocycles. The molecule has 8 nitrogen and oxygen atoms in total. The van der Waals surface area contributed by atoms with Crippen LogP contribution in [-0.2, 0) is 14.3 Å². The highest BCUT2D eigenvalue weighted by molar-refractivity contribution is 6.03. The first kappa shape index (κ1) is 29.6. The van der Waals surface area contributed by atoms with Crippen LogP contribution in [0.1, 0.15) is 93.5 Å². The Hall–Kier alpha value is -2.84. The molecule has 1 spiro atoms. The average Bonchev–Trinajstić information content (AvgIpc) is 3.30. The van der Waals surface area contributed by atoms with E-state index in [2.05, 4.69) is 22.6 Å². The van der Waals surface area contributed by atoms with Crippen molar-refractivity contribution < 1.29 is 19.1 Å². The number of nitrogens with one attached hydrogen (secondary N) is 2. The summed E-state index contributed by atoms with van der Waals surface area (Å²) in [7, 11) is 2.16. The van der Waals surface area contributed by atoms with Crippen molar-refractivity contribution in [3.8, 4) is 0 Å². The molecular weight excluding hydrogens is 516 g/mol. The lowest BCUT2D eigenvalue weighted by Gasteiger charge is -2.30. The van der Waals surface area contributed by atoms with Gasteiger partial charge in [-0.2, -0.15) is 0 Å². The maximum Gasteiger partial charge on any atom is 0.251 e. The standard InChI is InChI=1S/C33H46N4O4/c1-3-27(38)7-5-4-6-8-29(36-32(40)28-20-33(28)14-16-37(2)17-15-33)30-19-25(21-34-30)23-9-11-24(12-10-23)31(39)35-26-13-18-41-22-26/h9-12,21,26,28-29H,3-8,13-20,22H2,1-2H3,(H,35,39)(H,36,40)/t26?,28-,29+/m1/s1. The second kappa shape index (κ2) is 13.4. The summed E-state index contributed by atoms with van der Waals surface area (Å²) in [6.07, 6.45) is 11.6. The summed E-state index contributed by atoms with van der Waals surface area (Å²) in [5.74, 6) is 0.539. The molecule has 0 aromatic heterocycles. The topological polar surface area (TPSA) is 100 Å². The van der Waals surface area contributed by atoms with Gasteiger partial charge in [-0.1, -0.05) is 31.9 Å². The number of hydrogen-bond donors (Lipinski definition) is 2. The SMILES string of the molecule is CCC(=O)CCCCC[C@H](NC(=O)[C@H]1CC12CCN(C)CC2)C1=NC=C(c2ccc(C(=O)NC3CCOC3)cc2)C1. The van der Waals surface area contributed by atoms with E-state index in [0.29, 0.717) is 43.8 Å². The van der Waals surface area contributed by atoms with Gasteiger partial charge in [-0.15, -0.1) is 0 Å². The van der Waals surface area contributed by atoms with Crippen molar-refractivity contribution in [2.24, 2.45) is 16.3 Å².